The minimum absolute atomic E-state index is 0.174. The molecule has 90 heavy (non-hydrogen) atoms. The Morgan fingerprint density at radius 3 is 0.689 bits per heavy atom. The van der Waals surface area contributed by atoms with Gasteiger partial charge >= 0.3 is 0 Å². The van der Waals surface area contributed by atoms with Gasteiger partial charge in [-0.15, -0.1) is 0 Å². The molecule has 1 aliphatic heterocycles. The summed E-state index contributed by atoms with van der Waals surface area (Å²) < 4.78 is 0. The van der Waals surface area contributed by atoms with Crippen LogP contribution in [0, 0.1) is 0 Å². The first kappa shape index (κ1) is 86.8. The van der Waals surface area contributed by atoms with E-state index >= 15 is 0 Å². The van der Waals surface area contributed by atoms with Crippen LogP contribution in [0.5, 0.6) is 0 Å². The van der Waals surface area contributed by atoms with Crippen molar-refractivity contribution in [2.45, 2.75) is 411 Å². The molecule has 1 saturated heterocycles. The van der Waals surface area contributed by atoms with Crippen molar-refractivity contribution < 1.29 is 39.6 Å². The molecule has 0 aromatic heterocycles. The fourth-order valence-electron chi connectivity index (χ4n) is 12.9. The van der Waals surface area contributed by atoms with Crippen molar-refractivity contribution in [2.24, 2.45) is 0 Å². The Hall–Kier alpha value is -1.26. The number of aliphatic hydroxyl groups is 4. The van der Waals surface area contributed by atoms with Gasteiger partial charge in [0.05, 0.1) is 24.4 Å². The smallest absolute Gasteiger partial charge is 0.243 e. The second-order valence-corrected chi connectivity index (χ2v) is 30.1. The van der Waals surface area contributed by atoms with Crippen molar-refractivity contribution in [3.63, 3.8) is 0 Å². The minimum Gasteiger partial charge on any atom is -0.392 e. The number of piperazine rings is 1. The normalized spacial score (nSPS) is 15.8. The zero-order chi connectivity index (χ0) is 65.6. The lowest BCUT2D eigenvalue weighted by Crippen LogP contribution is -2.62. The molecule has 6 unspecified atom stereocenters. The molecule has 2 amide bonds. The molecule has 1 heterocycles. The summed E-state index contributed by atoms with van der Waals surface area (Å²) in [5, 5.41) is 49.7. The second kappa shape index (κ2) is 65.0. The maximum Gasteiger partial charge on any atom is 0.243 e. The first-order valence-electron chi connectivity index (χ1n) is 39.0. The van der Waals surface area contributed by atoms with Crippen molar-refractivity contribution in [1.82, 2.24) is 20.4 Å². The van der Waals surface area contributed by atoms with Gasteiger partial charge in [-0.3, -0.25) is 29.0 Å². The average molecular weight is 1310 g/mol. The fourth-order valence-corrected chi connectivity index (χ4v) is 14.7. The molecule has 0 spiro atoms. The van der Waals surface area contributed by atoms with E-state index in [1.165, 1.54) is 257 Å². The summed E-state index contributed by atoms with van der Waals surface area (Å²) in [7, 11) is 0. The molecule has 1 rings (SSSR count). The highest BCUT2D eigenvalue weighted by Gasteiger charge is 2.36. The number of carbonyl (C=O) groups excluding carboxylic acids is 4. The van der Waals surface area contributed by atoms with Gasteiger partial charge in [-0.1, -0.05) is 359 Å². The van der Waals surface area contributed by atoms with E-state index in [1.54, 1.807) is 0 Å². The first-order valence-corrected chi connectivity index (χ1v) is 41.0. The third-order valence-corrected chi connectivity index (χ3v) is 20.5. The molecule has 0 aromatic rings. The number of nitrogens with zero attached hydrogens (tertiary/aromatic N) is 2. The van der Waals surface area contributed by atoms with Crippen molar-refractivity contribution in [3.05, 3.63) is 0 Å². The van der Waals surface area contributed by atoms with E-state index in [0.717, 1.165) is 74.9 Å². The summed E-state index contributed by atoms with van der Waals surface area (Å²) in [6, 6.07) is -2.06. The number of hydrogen-bond acceptors (Lipinski definition) is 12. The van der Waals surface area contributed by atoms with Gasteiger partial charge in [-0.25, -0.2) is 0 Å². The van der Waals surface area contributed by atoms with Gasteiger partial charge in [-0.05, 0) is 25.7 Å². The Morgan fingerprint density at radius 2 is 0.500 bits per heavy atom. The zero-order valence-corrected chi connectivity index (χ0v) is 61.1. The molecule has 1 fully saturated rings. The van der Waals surface area contributed by atoms with Crippen LogP contribution < -0.4 is 10.6 Å². The number of thioether (sulfide) groups is 2. The third-order valence-electron chi connectivity index (χ3n) is 18.8. The summed E-state index contributed by atoms with van der Waals surface area (Å²) in [4.78, 5) is 57.6. The SMILES string of the molecule is CCCCCCCCCCCCCCC(O)CN(CCSC(=O)CC1NC(=O)C(CC(=O)SCCN(CC(O)CCCCCCCCCCCCCC)CC(O)CCCCCCCCCCCCCC)NC1=O)CC(O)CCCCCCCCCCCCCC. The van der Waals surface area contributed by atoms with Gasteiger partial charge in [0.1, 0.15) is 12.1 Å². The molecule has 0 aliphatic carbocycles. The molecule has 14 heteroatoms. The number of carbonyl (C=O) groups is 4. The average Bonchev–Trinajstić information content (AvgIpc) is 1.67. The fraction of sp³-hybridized carbons (Fsp3) is 0.947. The number of hydrogen-bond donors (Lipinski definition) is 6. The Balaban J connectivity index is 2.66. The Morgan fingerprint density at radius 1 is 0.322 bits per heavy atom. The standard InChI is InChI=1S/C76H148N4O8S2/c1-5-9-13-17-21-25-29-33-37-41-45-49-53-67(81)63-79(64-68(82)54-50-46-42-38-34-30-26-22-18-14-10-6-2)57-59-89-73(85)61-71-75(87)78-72(76(88)77-71)62-74(86)90-60-58-80(65-69(83)55-51-47-43-39-35-31-27-23-19-15-11-7-3)66-70(84)56-52-48-44-40-36-32-28-24-20-16-12-8-4/h67-72,81-84H,5-66H2,1-4H3,(H,77,88)(H,78,87). The minimum atomic E-state index is -1.03. The van der Waals surface area contributed by atoms with Gasteiger partial charge in [0.15, 0.2) is 10.2 Å². The van der Waals surface area contributed by atoms with Crippen molar-refractivity contribution in [3.8, 4) is 0 Å². The van der Waals surface area contributed by atoms with Gasteiger partial charge in [0, 0.05) is 63.6 Å². The van der Waals surface area contributed by atoms with Crippen molar-refractivity contribution >= 4 is 45.6 Å². The highest BCUT2D eigenvalue weighted by Crippen LogP contribution is 2.21. The summed E-state index contributed by atoms with van der Waals surface area (Å²) in [6.07, 6.45) is 61.2. The molecule has 6 atom stereocenters. The van der Waals surface area contributed by atoms with Crippen LogP contribution in [0.3, 0.4) is 0 Å². The number of unbranched alkanes of at least 4 members (excludes halogenated alkanes) is 44. The highest BCUT2D eigenvalue weighted by molar-refractivity contribution is 8.13. The topological polar surface area (TPSA) is 180 Å². The Bertz CT molecular complexity index is 1430. The Kier molecular flexibility index (Phi) is 62.7. The molecule has 6 N–H and O–H groups in total. The summed E-state index contributed by atoms with van der Waals surface area (Å²) in [5.74, 6) is -0.101. The van der Waals surface area contributed by atoms with Gasteiger partial charge in [-0.2, -0.15) is 0 Å². The lowest BCUT2D eigenvalue weighted by molar-refractivity contribution is -0.138. The molecule has 12 nitrogen and oxygen atoms in total. The molecule has 0 bridgehead atoms. The number of rotatable bonds is 70. The van der Waals surface area contributed by atoms with E-state index in [0.29, 0.717) is 76.5 Å². The van der Waals surface area contributed by atoms with Crippen LogP contribution in [0.1, 0.15) is 374 Å². The molecule has 0 saturated carbocycles. The summed E-state index contributed by atoms with van der Waals surface area (Å²) >= 11 is 2.22. The van der Waals surface area contributed by atoms with Gasteiger partial charge < -0.3 is 31.1 Å². The van der Waals surface area contributed by atoms with E-state index in [4.69, 9.17) is 0 Å². The largest absolute Gasteiger partial charge is 0.392 e. The van der Waals surface area contributed by atoms with Crippen LogP contribution in [0.2, 0.25) is 0 Å². The predicted octanol–water partition coefficient (Wildman–Crippen LogP) is 18.7. The predicted molar refractivity (Wildman–Crippen MR) is 388 cm³/mol. The molecule has 1 aliphatic rings. The Labute approximate surface area is 564 Å². The van der Waals surface area contributed by atoms with Crippen LogP contribution in [0.15, 0.2) is 0 Å². The van der Waals surface area contributed by atoms with E-state index in [9.17, 15) is 39.6 Å². The van der Waals surface area contributed by atoms with Crippen LogP contribution in [-0.2, 0) is 19.2 Å². The number of amides is 2. The first-order chi connectivity index (χ1) is 43.9. The van der Waals surface area contributed by atoms with Crippen LogP contribution in [0.4, 0.5) is 0 Å². The van der Waals surface area contributed by atoms with Crippen LogP contribution in [-0.4, -0.2) is 140 Å². The maximum atomic E-state index is 13.4. The molecular weight excluding hydrogens is 1160 g/mol. The second-order valence-electron chi connectivity index (χ2n) is 27.8. The van der Waals surface area contributed by atoms with Crippen LogP contribution >= 0.6 is 23.5 Å². The maximum absolute atomic E-state index is 13.4. The number of nitrogens with one attached hydrogen (secondary N) is 2. The highest BCUT2D eigenvalue weighted by atomic mass is 32.2. The third kappa shape index (κ3) is 56.0. The lowest BCUT2D eigenvalue weighted by Gasteiger charge is -2.29. The van der Waals surface area contributed by atoms with E-state index < -0.39 is 48.3 Å². The van der Waals surface area contributed by atoms with Gasteiger partial charge in [0.2, 0.25) is 11.8 Å². The summed E-state index contributed by atoms with van der Waals surface area (Å²) in [5.41, 5.74) is 0. The van der Waals surface area contributed by atoms with Crippen molar-refractivity contribution in [2.75, 3.05) is 50.8 Å². The van der Waals surface area contributed by atoms with E-state index in [2.05, 4.69) is 48.1 Å². The van der Waals surface area contributed by atoms with E-state index in [1.807, 2.05) is 0 Å². The van der Waals surface area contributed by atoms with Crippen molar-refractivity contribution in [1.29, 1.82) is 0 Å². The lowest BCUT2D eigenvalue weighted by atomic mass is 10.0. The molecule has 0 aromatic carbocycles. The zero-order valence-electron chi connectivity index (χ0n) is 59.4. The molecule has 532 valence electrons. The molecular formula is C76H148N4O8S2. The van der Waals surface area contributed by atoms with E-state index in [-0.39, 0.29) is 23.1 Å². The van der Waals surface area contributed by atoms with Crippen LogP contribution in [0.25, 0.3) is 0 Å². The number of aliphatic hydroxyl groups excluding tert-OH is 4. The quantitative estimate of drug-likeness (QED) is 0.0318. The monoisotopic (exact) mass is 1310 g/mol. The molecule has 0 radical (unpaired) electrons. The summed E-state index contributed by atoms with van der Waals surface area (Å²) in [6.45, 7) is 11.8. The van der Waals surface area contributed by atoms with Gasteiger partial charge in [0.25, 0.3) is 0 Å².